The van der Waals surface area contributed by atoms with Crippen molar-refractivity contribution in [2.24, 2.45) is 0 Å². The van der Waals surface area contributed by atoms with E-state index in [-0.39, 0.29) is 12.4 Å². The van der Waals surface area contributed by atoms with Crippen molar-refractivity contribution in [2.45, 2.75) is 13.0 Å². The zero-order valence-corrected chi connectivity index (χ0v) is 10.9. The first kappa shape index (κ1) is 12.6. The third kappa shape index (κ3) is 2.35. The molecule has 2 aromatic heterocycles. The maximum atomic E-state index is 9.55. The van der Waals surface area contributed by atoms with Crippen molar-refractivity contribution in [3.05, 3.63) is 54.0 Å². The Kier molecular flexibility index (Phi) is 3.35. The van der Waals surface area contributed by atoms with Crippen molar-refractivity contribution in [3.8, 4) is 5.75 Å². The quantitative estimate of drug-likeness (QED) is 0.756. The Morgan fingerprint density at radius 2 is 2.05 bits per heavy atom. The summed E-state index contributed by atoms with van der Waals surface area (Å²) in [6, 6.07) is 10.9. The molecule has 0 aliphatic rings. The number of aromatic hydroxyl groups is 1. The van der Waals surface area contributed by atoms with Crippen LogP contribution in [-0.2, 0) is 13.0 Å². The molecule has 0 amide bonds. The fourth-order valence-corrected chi connectivity index (χ4v) is 2.30. The molecular weight excluding hydrogens is 254 g/mol. The predicted octanol–water partition coefficient (Wildman–Crippen LogP) is 1.72. The fourth-order valence-electron chi connectivity index (χ4n) is 2.30. The summed E-state index contributed by atoms with van der Waals surface area (Å²) in [5.74, 6) is 1.04. The maximum Gasteiger partial charge on any atom is 0.160 e. The molecule has 0 radical (unpaired) electrons. The van der Waals surface area contributed by atoms with Gasteiger partial charge in [0.25, 0.3) is 0 Å². The number of nitrogens with zero attached hydrogens (tertiary/aromatic N) is 3. The molecule has 0 saturated heterocycles. The average molecular weight is 269 g/mol. The predicted molar refractivity (Wildman–Crippen MR) is 75.5 cm³/mol. The molecule has 0 spiro atoms. The highest BCUT2D eigenvalue weighted by atomic mass is 16.3. The third-order valence-electron chi connectivity index (χ3n) is 3.17. The minimum absolute atomic E-state index is 0.0450. The van der Waals surface area contributed by atoms with Crippen LogP contribution in [0.5, 0.6) is 5.75 Å². The number of hydrogen-bond donors (Lipinski definition) is 2. The highest BCUT2D eigenvalue weighted by molar-refractivity contribution is 5.71. The van der Waals surface area contributed by atoms with Crippen molar-refractivity contribution in [2.75, 3.05) is 6.61 Å². The number of rotatable bonds is 4. The van der Waals surface area contributed by atoms with E-state index in [1.165, 1.54) is 0 Å². The number of imidazole rings is 1. The van der Waals surface area contributed by atoms with Crippen LogP contribution in [0, 0.1) is 0 Å². The van der Waals surface area contributed by atoms with Crippen LogP contribution in [0.2, 0.25) is 0 Å². The Bertz CT molecular complexity index is 737. The zero-order valence-electron chi connectivity index (χ0n) is 10.9. The van der Waals surface area contributed by atoms with Gasteiger partial charge in [-0.05, 0) is 29.8 Å². The topological polar surface area (TPSA) is 71.2 Å². The number of benzene rings is 1. The van der Waals surface area contributed by atoms with Gasteiger partial charge in [-0.15, -0.1) is 0 Å². The molecule has 0 saturated carbocycles. The van der Waals surface area contributed by atoms with Gasteiger partial charge in [-0.3, -0.25) is 0 Å². The molecule has 0 fully saturated rings. The molecule has 0 bridgehead atoms. The average Bonchev–Trinajstić information content (AvgIpc) is 2.78. The summed E-state index contributed by atoms with van der Waals surface area (Å²) >= 11 is 0. The van der Waals surface area contributed by atoms with E-state index in [0.717, 1.165) is 22.6 Å². The van der Waals surface area contributed by atoms with Gasteiger partial charge >= 0.3 is 0 Å². The van der Waals surface area contributed by atoms with E-state index in [9.17, 15) is 5.11 Å². The molecule has 1 aromatic carbocycles. The van der Waals surface area contributed by atoms with Gasteiger partial charge in [0.1, 0.15) is 17.1 Å². The first-order valence-electron chi connectivity index (χ1n) is 6.47. The number of aliphatic hydroxyl groups excluding tert-OH is 1. The Labute approximate surface area is 116 Å². The fraction of sp³-hybridized carbons (Fsp3) is 0.200. The van der Waals surface area contributed by atoms with E-state index < -0.39 is 0 Å². The summed E-state index contributed by atoms with van der Waals surface area (Å²) in [4.78, 5) is 8.86. The van der Waals surface area contributed by atoms with Crippen LogP contribution in [0.4, 0.5) is 0 Å². The minimum atomic E-state index is 0.0450. The zero-order chi connectivity index (χ0) is 13.9. The largest absolute Gasteiger partial charge is 0.508 e. The van der Waals surface area contributed by atoms with E-state index in [1.807, 2.05) is 28.8 Å². The van der Waals surface area contributed by atoms with Gasteiger partial charge in [0.15, 0.2) is 5.65 Å². The summed E-state index contributed by atoms with van der Waals surface area (Å²) in [6.07, 6.45) is 2.21. The summed E-state index contributed by atoms with van der Waals surface area (Å²) in [6.45, 7) is 0.612. The molecule has 0 aliphatic carbocycles. The van der Waals surface area contributed by atoms with E-state index in [2.05, 4.69) is 9.97 Å². The molecule has 0 atom stereocenters. The lowest BCUT2D eigenvalue weighted by atomic mass is 10.2. The summed E-state index contributed by atoms with van der Waals surface area (Å²) in [7, 11) is 0. The van der Waals surface area contributed by atoms with E-state index in [0.29, 0.717) is 13.0 Å². The number of aliphatic hydroxyl groups is 1. The molecule has 2 heterocycles. The van der Waals surface area contributed by atoms with Gasteiger partial charge in [-0.2, -0.15) is 0 Å². The molecular formula is C15H15N3O2. The van der Waals surface area contributed by atoms with Crippen LogP contribution in [0.25, 0.3) is 11.2 Å². The normalized spacial score (nSPS) is 11.1. The van der Waals surface area contributed by atoms with Crippen molar-refractivity contribution in [3.63, 3.8) is 0 Å². The van der Waals surface area contributed by atoms with Crippen molar-refractivity contribution >= 4 is 11.2 Å². The van der Waals surface area contributed by atoms with Crippen LogP contribution >= 0.6 is 0 Å². The molecule has 0 unspecified atom stereocenters. The van der Waals surface area contributed by atoms with Gasteiger partial charge < -0.3 is 14.8 Å². The summed E-state index contributed by atoms with van der Waals surface area (Å²) < 4.78 is 1.97. The highest BCUT2D eigenvalue weighted by Crippen LogP contribution is 2.18. The van der Waals surface area contributed by atoms with Gasteiger partial charge in [0, 0.05) is 12.6 Å². The monoisotopic (exact) mass is 269 g/mol. The second-order valence-corrected chi connectivity index (χ2v) is 4.60. The number of aromatic nitrogens is 3. The lowest BCUT2D eigenvalue weighted by Gasteiger charge is -2.08. The second-order valence-electron chi connectivity index (χ2n) is 4.60. The standard InChI is InChI=1S/C15H15N3O2/c19-8-6-14-17-13-5-2-7-16-15(13)18(14)10-11-3-1-4-12(20)9-11/h1-5,7,9,19-20H,6,8,10H2. The first-order chi connectivity index (χ1) is 9.78. The SMILES string of the molecule is OCCc1nc2cccnc2n1Cc1cccc(O)c1. The van der Waals surface area contributed by atoms with Crippen LogP contribution in [-0.4, -0.2) is 31.4 Å². The molecule has 5 heteroatoms. The smallest absolute Gasteiger partial charge is 0.160 e. The second kappa shape index (κ2) is 5.30. The summed E-state index contributed by atoms with van der Waals surface area (Å²) in [5, 5.41) is 18.7. The van der Waals surface area contributed by atoms with Gasteiger partial charge in [-0.25, -0.2) is 9.97 Å². The van der Waals surface area contributed by atoms with Crippen molar-refractivity contribution in [1.82, 2.24) is 14.5 Å². The number of pyridine rings is 1. The maximum absolute atomic E-state index is 9.55. The molecule has 102 valence electrons. The van der Waals surface area contributed by atoms with Crippen molar-refractivity contribution in [1.29, 1.82) is 0 Å². The Morgan fingerprint density at radius 3 is 2.85 bits per heavy atom. The molecule has 3 aromatic rings. The van der Waals surface area contributed by atoms with Crippen LogP contribution in [0.1, 0.15) is 11.4 Å². The number of hydrogen-bond acceptors (Lipinski definition) is 4. The van der Waals surface area contributed by atoms with Crippen LogP contribution in [0.15, 0.2) is 42.6 Å². The molecule has 20 heavy (non-hydrogen) atoms. The molecule has 0 aliphatic heterocycles. The van der Waals surface area contributed by atoms with E-state index in [1.54, 1.807) is 18.3 Å². The van der Waals surface area contributed by atoms with Crippen molar-refractivity contribution < 1.29 is 10.2 Å². The van der Waals surface area contributed by atoms with E-state index >= 15 is 0 Å². The highest BCUT2D eigenvalue weighted by Gasteiger charge is 2.11. The lowest BCUT2D eigenvalue weighted by Crippen LogP contribution is -2.07. The van der Waals surface area contributed by atoms with Gasteiger partial charge in [0.05, 0.1) is 13.2 Å². The van der Waals surface area contributed by atoms with Crippen LogP contribution < -0.4 is 0 Å². The Hall–Kier alpha value is -2.40. The third-order valence-corrected chi connectivity index (χ3v) is 3.17. The van der Waals surface area contributed by atoms with E-state index in [4.69, 9.17) is 5.11 Å². The summed E-state index contributed by atoms with van der Waals surface area (Å²) in [5.41, 5.74) is 2.57. The van der Waals surface area contributed by atoms with Gasteiger partial charge in [-0.1, -0.05) is 12.1 Å². The van der Waals surface area contributed by atoms with Gasteiger partial charge in [0.2, 0.25) is 0 Å². The number of phenolic OH excluding ortho intramolecular Hbond substituents is 1. The Balaban J connectivity index is 2.06. The molecule has 2 N–H and O–H groups in total. The lowest BCUT2D eigenvalue weighted by molar-refractivity contribution is 0.295. The minimum Gasteiger partial charge on any atom is -0.508 e. The Morgan fingerprint density at radius 1 is 1.15 bits per heavy atom. The molecule has 3 rings (SSSR count). The van der Waals surface area contributed by atoms with Crippen LogP contribution in [0.3, 0.4) is 0 Å². The first-order valence-corrected chi connectivity index (χ1v) is 6.47. The number of fused-ring (bicyclic) bond motifs is 1. The number of phenols is 1. The molecule has 5 nitrogen and oxygen atoms in total.